The van der Waals surface area contributed by atoms with Gasteiger partial charge in [-0.15, -0.1) is 0 Å². The van der Waals surface area contributed by atoms with E-state index in [1.54, 1.807) is 30.3 Å². The number of urea groups is 1. The van der Waals surface area contributed by atoms with Gasteiger partial charge in [0.2, 0.25) is 5.91 Å². The first-order valence-electron chi connectivity index (χ1n) is 7.37. The number of hydrogen-bond acceptors (Lipinski definition) is 3. The molecule has 4 amide bonds. The zero-order valence-corrected chi connectivity index (χ0v) is 12.9. The van der Waals surface area contributed by atoms with Gasteiger partial charge in [0.1, 0.15) is 24.7 Å². The van der Waals surface area contributed by atoms with Gasteiger partial charge in [0, 0.05) is 11.8 Å². The molecule has 0 bridgehead atoms. The SMILES string of the molecule is O=C(CN1C(=O)CN(c2ccccc2)C1=O)Nc1ccc(F)cc1F. The molecular weight excluding hydrogens is 332 g/mol. The summed E-state index contributed by atoms with van der Waals surface area (Å²) in [7, 11) is 0. The Balaban J connectivity index is 1.69. The molecule has 1 aliphatic rings. The molecule has 0 aromatic heterocycles. The Hall–Kier alpha value is -3.29. The van der Waals surface area contributed by atoms with Crippen molar-refractivity contribution in [3.63, 3.8) is 0 Å². The van der Waals surface area contributed by atoms with Crippen molar-refractivity contribution >= 4 is 29.2 Å². The Morgan fingerprint density at radius 1 is 1.08 bits per heavy atom. The maximum absolute atomic E-state index is 13.6. The van der Waals surface area contributed by atoms with Crippen LogP contribution in [0.2, 0.25) is 0 Å². The molecule has 0 spiro atoms. The molecule has 1 N–H and O–H groups in total. The number of carbonyl (C=O) groups is 3. The highest BCUT2D eigenvalue weighted by Gasteiger charge is 2.37. The number of benzene rings is 2. The van der Waals surface area contributed by atoms with Crippen molar-refractivity contribution in [1.29, 1.82) is 0 Å². The van der Waals surface area contributed by atoms with E-state index in [-0.39, 0.29) is 12.2 Å². The summed E-state index contributed by atoms with van der Waals surface area (Å²) >= 11 is 0. The van der Waals surface area contributed by atoms with Crippen LogP contribution in [0.5, 0.6) is 0 Å². The fraction of sp³-hybridized carbons (Fsp3) is 0.118. The van der Waals surface area contributed by atoms with Gasteiger partial charge in [-0.25, -0.2) is 13.6 Å². The predicted octanol–water partition coefficient (Wildman–Crippen LogP) is 2.37. The molecule has 2 aromatic rings. The number of carbonyl (C=O) groups excluding carboxylic acids is 3. The largest absolute Gasteiger partial charge is 0.332 e. The van der Waals surface area contributed by atoms with Crippen LogP contribution in [0.1, 0.15) is 0 Å². The van der Waals surface area contributed by atoms with Crippen LogP contribution in [0.25, 0.3) is 0 Å². The first-order chi connectivity index (χ1) is 12.0. The van der Waals surface area contributed by atoms with Crippen molar-refractivity contribution in [2.45, 2.75) is 0 Å². The van der Waals surface area contributed by atoms with E-state index in [9.17, 15) is 23.2 Å². The summed E-state index contributed by atoms with van der Waals surface area (Å²) in [6.07, 6.45) is 0. The lowest BCUT2D eigenvalue weighted by atomic mass is 10.3. The summed E-state index contributed by atoms with van der Waals surface area (Å²) < 4.78 is 26.4. The second-order valence-electron chi connectivity index (χ2n) is 5.36. The molecule has 0 unspecified atom stereocenters. The molecule has 8 heteroatoms. The van der Waals surface area contributed by atoms with Gasteiger partial charge in [-0.3, -0.25) is 19.4 Å². The maximum Gasteiger partial charge on any atom is 0.332 e. The molecule has 0 atom stereocenters. The number of nitrogens with one attached hydrogen (secondary N) is 1. The second-order valence-corrected chi connectivity index (χ2v) is 5.36. The molecule has 2 aromatic carbocycles. The molecular formula is C17H13F2N3O3. The normalized spacial score (nSPS) is 14.2. The van der Waals surface area contributed by atoms with Crippen molar-refractivity contribution in [1.82, 2.24) is 4.90 Å². The van der Waals surface area contributed by atoms with Crippen molar-refractivity contribution in [3.8, 4) is 0 Å². The Morgan fingerprint density at radius 2 is 1.80 bits per heavy atom. The van der Waals surface area contributed by atoms with Gasteiger partial charge < -0.3 is 5.32 Å². The van der Waals surface area contributed by atoms with Crippen molar-refractivity contribution in [2.24, 2.45) is 0 Å². The zero-order chi connectivity index (χ0) is 18.0. The molecule has 3 rings (SSSR count). The minimum Gasteiger partial charge on any atom is -0.322 e. The molecule has 0 saturated carbocycles. The fourth-order valence-corrected chi connectivity index (χ4v) is 2.43. The van der Waals surface area contributed by atoms with Crippen LogP contribution in [0.3, 0.4) is 0 Å². The number of para-hydroxylation sites is 1. The summed E-state index contributed by atoms with van der Waals surface area (Å²) in [6.45, 7) is -0.737. The molecule has 1 heterocycles. The monoisotopic (exact) mass is 345 g/mol. The number of anilines is 2. The summed E-state index contributed by atoms with van der Waals surface area (Å²) in [6, 6.07) is 10.6. The lowest BCUT2D eigenvalue weighted by Crippen LogP contribution is -2.39. The molecule has 1 aliphatic heterocycles. The van der Waals surface area contributed by atoms with Gasteiger partial charge in [-0.1, -0.05) is 18.2 Å². The highest BCUT2D eigenvalue weighted by molar-refractivity contribution is 6.14. The zero-order valence-electron chi connectivity index (χ0n) is 12.9. The third-order valence-electron chi connectivity index (χ3n) is 3.63. The Kier molecular flexibility index (Phi) is 4.42. The number of amides is 4. The lowest BCUT2D eigenvalue weighted by Gasteiger charge is -2.17. The van der Waals surface area contributed by atoms with Crippen LogP contribution in [0.4, 0.5) is 25.0 Å². The molecule has 1 fully saturated rings. The molecule has 6 nitrogen and oxygen atoms in total. The number of nitrogens with zero attached hydrogens (tertiary/aromatic N) is 2. The highest BCUT2D eigenvalue weighted by atomic mass is 19.1. The van der Waals surface area contributed by atoms with Crippen molar-refractivity contribution in [3.05, 3.63) is 60.2 Å². The number of rotatable bonds is 4. The van der Waals surface area contributed by atoms with E-state index in [1.165, 1.54) is 4.90 Å². The molecule has 128 valence electrons. The number of imide groups is 1. The second kappa shape index (κ2) is 6.68. The Bertz CT molecular complexity index is 842. The van der Waals surface area contributed by atoms with E-state index in [0.29, 0.717) is 11.8 Å². The molecule has 0 radical (unpaired) electrons. The summed E-state index contributed by atoms with van der Waals surface area (Å²) in [5.74, 6) is -3.03. The standard InChI is InChI=1S/C17H13F2N3O3/c18-11-6-7-14(13(19)8-11)20-15(23)9-22-16(24)10-21(17(22)25)12-4-2-1-3-5-12/h1-8H,9-10H2,(H,20,23). The summed E-state index contributed by atoms with van der Waals surface area (Å²) in [4.78, 5) is 38.4. The molecule has 1 saturated heterocycles. The van der Waals surface area contributed by atoms with E-state index in [1.807, 2.05) is 0 Å². The van der Waals surface area contributed by atoms with E-state index in [2.05, 4.69) is 5.32 Å². The quantitative estimate of drug-likeness (QED) is 0.865. The van der Waals surface area contributed by atoms with Crippen LogP contribution in [0.15, 0.2) is 48.5 Å². The molecule has 0 aliphatic carbocycles. The summed E-state index contributed by atoms with van der Waals surface area (Å²) in [5, 5.41) is 2.21. The van der Waals surface area contributed by atoms with Gasteiger partial charge in [0.25, 0.3) is 5.91 Å². The van der Waals surface area contributed by atoms with Crippen LogP contribution in [-0.4, -0.2) is 35.8 Å². The number of hydrogen-bond donors (Lipinski definition) is 1. The lowest BCUT2D eigenvalue weighted by molar-refractivity contribution is -0.128. The summed E-state index contributed by atoms with van der Waals surface area (Å²) in [5.41, 5.74) is 0.304. The fourth-order valence-electron chi connectivity index (χ4n) is 2.43. The third kappa shape index (κ3) is 3.47. The molecule has 25 heavy (non-hydrogen) atoms. The topological polar surface area (TPSA) is 69.7 Å². The van der Waals surface area contributed by atoms with E-state index >= 15 is 0 Å². The average Bonchev–Trinajstić information content (AvgIpc) is 2.86. The number of halogens is 2. The van der Waals surface area contributed by atoms with Crippen LogP contribution in [-0.2, 0) is 9.59 Å². The van der Waals surface area contributed by atoms with E-state index < -0.39 is 36.0 Å². The van der Waals surface area contributed by atoms with Gasteiger partial charge in [-0.05, 0) is 24.3 Å². The first-order valence-corrected chi connectivity index (χ1v) is 7.37. The van der Waals surface area contributed by atoms with Crippen molar-refractivity contribution < 1.29 is 23.2 Å². The average molecular weight is 345 g/mol. The van der Waals surface area contributed by atoms with Gasteiger partial charge in [-0.2, -0.15) is 0 Å². The van der Waals surface area contributed by atoms with E-state index in [4.69, 9.17) is 0 Å². The minimum atomic E-state index is -0.946. The maximum atomic E-state index is 13.6. The Morgan fingerprint density at radius 3 is 2.48 bits per heavy atom. The first kappa shape index (κ1) is 16.6. The minimum absolute atomic E-state index is 0.180. The van der Waals surface area contributed by atoms with E-state index in [0.717, 1.165) is 17.0 Å². The Labute approximate surface area is 141 Å². The van der Waals surface area contributed by atoms with Crippen LogP contribution in [0, 0.1) is 11.6 Å². The van der Waals surface area contributed by atoms with Crippen LogP contribution >= 0.6 is 0 Å². The predicted molar refractivity (Wildman–Crippen MR) is 85.9 cm³/mol. The van der Waals surface area contributed by atoms with Gasteiger partial charge in [0.05, 0.1) is 5.69 Å². The van der Waals surface area contributed by atoms with Gasteiger partial charge >= 0.3 is 6.03 Å². The van der Waals surface area contributed by atoms with Gasteiger partial charge in [0.15, 0.2) is 0 Å². The van der Waals surface area contributed by atoms with Crippen LogP contribution < -0.4 is 10.2 Å². The highest BCUT2D eigenvalue weighted by Crippen LogP contribution is 2.21. The smallest absolute Gasteiger partial charge is 0.322 e. The van der Waals surface area contributed by atoms with Crippen molar-refractivity contribution in [2.75, 3.05) is 23.3 Å². The third-order valence-corrected chi connectivity index (χ3v) is 3.63.